The van der Waals surface area contributed by atoms with Crippen LogP contribution in [-0.4, -0.2) is 34.3 Å². The first-order valence-corrected chi connectivity index (χ1v) is 6.54. The summed E-state index contributed by atoms with van der Waals surface area (Å²) in [6.45, 7) is 7.97. The van der Waals surface area contributed by atoms with Crippen LogP contribution < -0.4 is 5.32 Å². The predicted molar refractivity (Wildman–Crippen MR) is 65.3 cm³/mol. The number of nitrogens with zero attached hydrogens (tertiary/aromatic N) is 1. The molecule has 0 aromatic carbocycles. The zero-order chi connectivity index (χ0) is 12.8. The minimum Gasteiger partial charge on any atom is -0.342 e. The molecule has 1 saturated heterocycles. The number of hydrogen-bond acceptors (Lipinski definition) is 2. The first kappa shape index (κ1) is 12.4. The number of hydrogen-bond donors (Lipinski definition) is 1. The van der Waals surface area contributed by atoms with E-state index in [4.69, 9.17) is 0 Å². The minimum atomic E-state index is -0.332. The highest BCUT2D eigenvalue weighted by atomic mass is 16.2. The summed E-state index contributed by atoms with van der Waals surface area (Å²) < 4.78 is 0. The zero-order valence-corrected chi connectivity index (χ0v) is 11.1. The molecule has 0 aromatic rings. The van der Waals surface area contributed by atoms with Gasteiger partial charge in [0.2, 0.25) is 11.8 Å². The Bertz CT molecular complexity index is 349. The summed E-state index contributed by atoms with van der Waals surface area (Å²) in [4.78, 5) is 26.3. The lowest BCUT2D eigenvalue weighted by molar-refractivity contribution is -0.153. The van der Waals surface area contributed by atoms with E-state index in [0.717, 1.165) is 19.3 Å². The highest BCUT2D eigenvalue weighted by Gasteiger charge is 2.53. The predicted octanol–water partition coefficient (Wildman–Crippen LogP) is 1.30. The topological polar surface area (TPSA) is 49.4 Å². The molecule has 4 nitrogen and oxygen atoms in total. The molecule has 1 aliphatic heterocycles. The van der Waals surface area contributed by atoms with Crippen molar-refractivity contribution in [3.05, 3.63) is 0 Å². The maximum atomic E-state index is 12.5. The molecule has 0 spiro atoms. The Morgan fingerprint density at radius 1 is 1.47 bits per heavy atom. The van der Waals surface area contributed by atoms with Crippen molar-refractivity contribution in [2.45, 2.75) is 64.6 Å². The average molecular weight is 238 g/mol. The monoisotopic (exact) mass is 238 g/mol. The lowest BCUT2D eigenvalue weighted by Gasteiger charge is -2.43. The Kier molecular flexibility index (Phi) is 2.92. The van der Waals surface area contributed by atoms with Gasteiger partial charge in [0.1, 0.15) is 12.1 Å². The van der Waals surface area contributed by atoms with Gasteiger partial charge in [-0.1, -0.05) is 20.3 Å². The molecule has 0 aromatic heterocycles. The SMILES string of the molecule is CCC(C)C1NC(=O)C(C)N(C2(C)CC2)C1=O. The fraction of sp³-hybridized carbons (Fsp3) is 0.846. The Labute approximate surface area is 103 Å². The number of amides is 2. The summed E-state index contributed by atoms with van der Waals surface area (Å²) in [6.07, 6.45) is 2.93. The molecule has 1 saturated carbocycles. The molecule has 2 rings (SSSR count). The third kappa shape index (κ3) is 1.94. The fourth-order valence-electron chi connectivity index (χ4n) is 2.57. The third-order valence-electron chi connectivity index (χ3n) is 4.34. The zero-order valence-electron chi connectivity index (χ0n) is 11.1. The number of nitrogens with one attached hydrogen (secondary N) is 1. The van der Waals surface area contributed by atoms with Crippen molar-refractivity contribution in [3.63, 3.8) is 0 Å². The quantitative estimate of drug-likeness (QED) is 0.805. The number of carbonyl (C=O) groups excluding carboxylic acids is 2. The van der Waals surface area contributed by atoms with Gasteiger partial charge in [-0.05, 0) is 32.6 Å². The molecule has 2 amide bonds. The molecule has 17 heavy (non-hydrogen) atoms. The van der Waals surface area contributed by atoms with E-state index in [2.05, 4.69) is 12.2 Å². The first-order chi connectivity index (χ1) is 7.90. The smallest absolute Gasteiger partial charge is 0.246 e. The van der Waals surface area contributed by atoms with Gasteiger partial charge in [0, 0.05) is 5.54 Å². The van der Waals surface area contributed by atoms with Crippen molar-refractivity contribution in [1.29, 1.82) is 0 Å². The standard InChI is InChI=1S/C13H22N2O2/c1-5-8(2)10-12(17)15(13(4)6-7-13)9(3)11(16)14-10/h8-10H,5-7H2,1-4H3,(H,14,16). The Morgan fingerprint density at radius 3 is 2.53 bits per heavy atom. The number of rotatable bonds is 3. The fourth-order valence-corrected chi connectivity index (χ4v) is 2.57. The molecule has 1 aliphatic carbocycles. The van der Waals surface area contributed by atoms with Crippen LogP contribution in [-0.2, 0) is 9.59 Å². The summed E-state index contributed by atoms with van der Waals surface area (Å²) in [7, 11) is 0. The lowest BCUT2D eigenvalue weighted by atomic mass is 9.93. The second kappa shape index (κ2) is 4.00. The summed E-state index contributed by atoms with van der Waals surface area (Å²) in [5.74, 6) is 0.290. The van der Waals surface area contributed by atoms with Gasteiger partial charge < -0.3 is 10.2 Å². The van der Waals surface area contributed by atoms with Crippen LogP contribution in [0.4, 0.5) is 0 Å². The van der Waals surface area contributed by atoms with Crippen molar-refractivity contribution < 1.29 is 9.59 Å². The van der Waals surface area contributed by atoms with Crippen molar-refractivity contribution >= 4 is 11.8 Å². The molecular formula is C13H22N2O2. The molecule has 3 unspecified atom stereocenters. The van der Waals surface area contributed by atoms with Crippen molar-refractivity contribution in [3.8, 4) is 0 Å². The Hall–Kier alpha value is -1.06. The second-order valence-electron chi connectivity index (χ2n) is 5.75. The summed E-state index contributed by atoms with van der Waals surface area (Å²) in [6, 6.07) is -0.656. The summed E-state index contributed by atoms with van der Waals surface area (Å²) in [5, 5.41) is 2.87. The van der Waals surface area contributed by atoms with E-state index in [1.165, 1.54) is 0 Å². The van der Waals surface area contributed by atoms with Crippen molar-refractivity contribution in [1.82, 2.24) is 10.2 Å². The van der Waals surface area contributed by atoms with Gasteiger partial charge in [-0.15, -0.1) is 0 Å². The highest BCUT2D eigenvalue weighted by Crippen LogP contribution is 2.43. The number of piperazine rings is 1. The van der Waals surface area contributed by atoms with E-state index in [-0.39, 0.29) is 35.4 Å². The van der Waals surface area contributed by atoms with Gasteiger partial charge in [-0.3, -0.25) is 9.59 Å². The molecule has 2 fully saturated rings. The van der Waals surface area contributed by atoms with E-state index in [1.807, 2.05) is 25.7 Å². The third-order valence-corrected chi connectivity index (χ3v) is 4.34. The second-order valence-corrected chi connectivity index (χ2v) is 5.75. The van der Waals surface area contributed by atoms with Crippen molar-refractivity contribution in [2.75, 3.05) is 0 Å². The molecule has 4 heteroatoms. The molecule has 96 valence electrons. The highest BCUT2D eigenvalue weighted by molar-refractivity contribution is 5.97. The van der Waals surface area contributed by atoms with Gasteiger partial charge in [0.15, 0.2) is 0 Å². The van der Waals surface area contributed by atoms with Gasteiger partial charge >= 0.3 is 0 Å². The molecule has 0 bridgehead atoms. The van der Waals surface area contributed by atoms with Gasteiger partial charge in [-0.2, -0.15) is 0 Å². The normalized spacial score (nSPS) is 33.3. The van der Waals surface area contributed by atoms with E-state index < -0.39 is 0 Å². The van der Waals surface area contributed by atoms with Crippen LogP contribution in [0, 0.1) is 5.92 Å². The van der Waals surface area contributed by atoms with E-state index in [1.54, 1.807) is 0 Å². The van der Waals surface area contributed by atoms with Crippen molar-refractivity contribution in [2.24, 2.45) is 5.92 Å². The van der Waals surface area contributed by atoms with E-state index >= 15 is 0 Å². The summed E-state index contributed by atoms with van der Waals surface area (Å²) >= 11 is 0. The maximum Gasteiger partial charge on any atom is 0.246 e. The minimum absolute atomic E-state index is 0.0111. The average Bonchev–Trinajstić information content (AvgIpc) is 3.01. The molecule has 1 N–H and O–H groups in total. The lowest BCUT2D eigenvalue weighted by Crippen LogP contribution is -2.66. The maximum absolute atomic E-state index is 12.5. The van der Waals surface area contributed by atoms with Crippen LogP contribution in [0.5, 0.6) is 0 Å². The van der Waals surface area contributed by atoms with E-state index in [0.29, 0.717) is 0 Å². The number of carbonyl (C=O) groups is 2. The summed E-state index contributed by atoms with van der Waals surface area (Å²) in [5.41, 5.74) is -0.0695. The van der Waals surface area contributed by atoms with Gasteiger partial charge in [-0.25, -0.2) is 0 Å². The van der Waals surface area contributed by atoms with Gasteiger partial charge in [0.25, 0.3) is 0 Å². The van der Waals surface area contributed by atoms with Crippen LogP contribution in [0.25, 0.3) is 0 Å². The molecule has 2 aliphatic rings. The molecule has 3 atom stereocenters. The van der Waals surface area contributed by atoms with E-state index in [9.17, 15) is 9.59 Å². The van der Waals surface area contributed by atoms with Crippen LogP contribution >= 0.6 is 0 Å². The molecule has 0 radical (unpaired) electrons. The van der Waals surface area contributed by atoms with Crippen LogP contribution in [0.1, 0.15) is 47.0 Å². The largest absolute Gasteiger partial charge is 0.342 e. The Morgan fingerprint density at radius 2 is 2.06 bits per heavy atom. The van der Waals surface area contributed by atoms with Crippen LogP contribution in [0.15, 0.2) is 0 Å². The van der Waals surface area contributed by atoms with Crippen LogP contribution in [0.2, 0.25) is 0 Å². The molecular weight excluding hydrogens is 216 g/mol. The van der Waals surface area contributed by atoms with Crippen LogP contribution in [0.3, 0.4) is 0 Å². The Balaban J connectivity index is 2.24. The molecule has 1 heterocycles. The first-order valence-electron chi connectivity index (χ1n) is 6.54. The van der Waals surface area contributed by atoms with Gasteiger partial charge in [0.05, 0.1) is 0 Å².